The van der Waals surface area contributed by atoms with Gasteiger partial charge in [-0.3, -0.25) is 14.4 Å². The van der Waals surface area contributed by atoms with Crippen LogP contribution in [-0.4, -0.2) is 64.7 Å². The van der Waals surface area contributed by atoms with E-state index >= 15 is 0 Å². The topological polar surface area (TPSA) is 151 Å². The average Bonchev–Trinajstić information content (AvgIpc) is 2.78. The van der Waals surface area contributed by atoms with Gasteiger partial charge in [0.1, 0.15) is 17.7 Å². The second-order valence-electron chi connectivity index (χ2n) is 10.2. The molecule has 2 atom stereocenters. The van der Waals surface area contributed by atoms with Gasteiger partial charge in [0.05, 0.1) is 13.0 Å². The molecule has 10 nitrogen and oxygen atoms in total. The Morgan fingerprint density at radius 2 is 1.78 bits per heavy atom. The summed E-state index contributed by atoms with van der Waals surface area (Å²) in [5, 5.41) is 15.3. The summed E-state index contributed by atoms with van der Waals surface area (Å²) in [5.41, 5.74) is 5.90. The maximum atomic E-state index is 13.7. The molecule has 1 aromatic rings. The summed E-state index contributed by atoms with van der Waals surface area (Å²) in [6, 6.07) is 4.71. The Balaban J connectivity index is 2.43. The summed E-state index contributed by atoms with van der Waals surface area (Å²) < 4.78 is 5.25. The third-order valence-corrected chi connectivity index (χ3v) is 6.01. The maximum absolute atomic E-state index is 13.7. The van der Waals surface area contributed by atoms with Gasteiger partial charge in [-0.25, -0.2) is 4.79 Å². The predicted octanol–water partition coefficient (Wildman–Crippen LogP) is 2.07. The molecule has 0 bridgehead atoms. The zero-order chi connectivity index (χ0) is 26.9. The summed E-state index contributed by atoms with van der Waals surface area (Å²) in [6.07, 6.45) is 3.46. The Labute approximate surface area is 212 Å². The number of amides is 4. The largest absolute Gasteiger partial charge is 0.444 e. The predicted molar refractivity (Wildman–Crippen MR) is 135 cm³/mol. The maximum Gasteiger partial charge on any atom is 0.408 e. The van der Waals surface area contributed by atoms with E-state index in [1.807, 2.05) is 19.1 Å². The Morgan fingerprint density at radius 3 is 2.33 bits per heavy atom. The molecule has 0 aromatic heterocycles. The van der Waals surface area contributed by atoms with Crippen LogP contribution in [-0.2, 0) is 19.1 Å². The van der Waals surface area contributed by atoms with Crippen molar-refractivity contribution in [1.29, 1.82) is 0 Å². The summed E-state index contributed by atoms with van der Waals surface area (Å²) in [6.45, 7) is 6.21. The summed E-state index contributed by atoms with van der Waals surface area (Å²) >= 11 is 0. The lowest BCUT2D eigenvalue weighted by Crippen LogP contribution is -2.55. The zero-order valence-electron chi connectivity index (χ0n) is 21.7. The molecular formula is C26H40N4O6. The highest BCUT2D eigenvalue weighted by Crippen LogP contribution is 2.27. The number of benzene rings is 1. The van der Waals surface area contributed by atoms with Crippen LogP contribution in [0.15, 0.2) is 24.3 Å². The van der Waals surface area contributed by atoms with Crippen LogP contribution < -0.4 is 16.4 Å². The normalized spacial score (nSPS) is 15.9. The molecule has 1 aliphatic carbocycles. The molecule has 200 valence electrons. The minimum Gasteiger partial charge on any atom is -0.444 e. The van der Waals surface area contributed by atoms with Crippen molar-refractivity contribution in [2.75, 3.05) is 13.2 Å². The van der Waals surface area contributed by atoms with Crippen molar-refractivity contribution < 1.29 is 29.0 Å². The summed E-state index contributed by atoms with van der Waals surface area (Å²) in [5.74, 6) is -1.92. The van der Waals surface area contributed by atoms with E-state index in [4.69, 9.17) is 10.5 Å². The molecule has 0 saturated heterocycles. The smallest absolute Gasteiger partial charge is 0.408 e. The second-order valence-corrected chi connectivity index (χ2v) is 10.2. The quantitative estimate of drug-likeness (QED) is 0.383. The third-order valence-electron chi connectivity index (χ3n) is 6.01. The van der Waals surface area contributed by atoms with Gasteiger partial charge in [-0.1, -0.05) is 43.5 Å². The molecular weight excluding hydrogens is 464 g/mol. The Kier molecular flexibility index (Phi) is 10.7. The number of hydrogen-bond acceptors (Lipinski definition) is 6. The highest BCUT2D eigenvalue weighted by atomic mass is 16.6. The Morgan fingerprint density at radius 1 is 1.14 bits per heavy atom. The number of carbonyl (C=O) groups is 4. The van der Waals surface area contributed by atoms with E-state index in [1.54, 1.807) is 32.9 Å². The molecule has 5 N–H and O–H groups in total. The van der Waals surface area contributed by atoms with Crippen LogP contribution in [0, 0.1) is 6.92 Å². The number of ether oxygens (including phenoxy) is 1. The van der Waals surface area contributed by atoms with Crippen LogP contribution in [0.25, 0.3) is 0 Å². The number of aryl methyl sites for hydroxylation is 1. The van der Waals surface area contributed by atoms with Crippen LogP contribution in [0.5, 0.6) is 0 Å². The first-order chi connectivity index (χ1) is 16.9. The first kappa shape index (κ1) is 29.1. The van der Waals surface area contributed by atoms with Gasteiger partial charge in [0.25, 0.3) is 0 Å². The molecule has 2 unspecified atom stereocenters. The van der Waals surface area contributed by atoms with Gasteiger partial charge in [0.15, 0.2) is 0 Å². The van der Waals surface area contributed by atoms with Gasteiger partial charge in [0.2, 0.25) is 17.7 Å². The van der Waals surface area contributed by atoms with Crippen molar-refractivity contribution in [2.24, 2.45) is 5.73 Å². The van der Waals surface area contributed by atoms with Crippen LogP contribution in [0.1, 0.15) is 76.5 Å². The molecule has 0 aliphatic heterocycles. The Hall–Kier alpha value is -3.14. The van der Waals surface area contributed by atoms with E-state index in [2.05, 4.69) is 10.6 Å². The molecule has 2 rings (SSSR count). The second kappa shape index (κ2) is 13.2. The highest BCUT2D eigenvalue weighted by Gasteiger charge is 2.38. The van der Waals surface area contributed by atoms with Crippen LogP contribution in [0.2, 0.25) is 0 Å². The third kappa shape index (κ3) is 8.82. The number of nitrogens with one attached hydrogen (secondary N) is 2. The van der Waals surface area contributed by atoms with E-state index in [9.17, 15) is 24.3 Å². The van der Waals surface area contributed by atoms with Crippen molar-refractivity contribution in [3.8, 4) is 0 Å². The highest BCUT2D eigenvalue weighted by molar-refractivity contribution is 5.94. The SMILES string of the molecule is Cc1ccccc1C(C(=O)NC1CCCCC1)N(CCO)C(=O)C(CC(N)=O)NC(=O)OC(C)(C)C. The van der Waals surface area contributed by atoms with Crippen LogP contribution in [0.3, 0.4) is 0 Å². The van der Waals surface area contributed by atoms with Gasteiger partial charge in [0, 0.05) is 12.6 Å². The molecule has 1 aromatic carbocycles. The van der Waals surface area contributed by atoms with E-state index in [1.165, 1.54) is 4.90 Å². The van der Waals surface area contributed by atoms with Crippen molar-refractivity contribution in [3.63, 3.8) is 0 Å². The number of aliphatic hydroxyl groups excluding tert-OH is 1. The van der Waals surface area contributed by atoms with E-state index in [-0.39, 0.29) is 18.5 Å². The fraction of sp³-hybridized carbons (Fsp3) is 0.615. The summed E-state index contributed by atoms with van der Waals surface area (Å²) in [4.78, 5) is 52.8. The molecule has 0 spiro atoms. The van der Waals surface area contributed by atoms with Gasteiger partial charge in [-0.15, -0.1) is 0 Å². The van der Waals surface area contributed by atoms with Gasteiger partial charge in [-0.2, -0.15) is 0 Å². The average molecular weight is 505 g/mol. The number of aliphatic hydroxyl groups is 1. The molecule has 36 heavy (non-hydrogen) atoms. The summed E-state index contributed by atoms with van der Waals surface area (Å²) in [7, 11) is 0. The van der Waals surface area contributed by atoms with Gasteiger partial charge < -0.3 is 31.1 Å². The first-order valence-corrected chi connectivity index (χ1v) is 12.5. The van der Waals surface area contributed by atoms with Crippen molar-refractivity contribution >= 4 is 23.8 Å². The fourth-order valence-corrected chi connectivity index (χ4v) is 4.40. The molecule has 1 aliphatic rings. The molecule has 1 saturated carbocycles. The molecule has 4 amide bonds. The van der Waals surface area contributed by atoms with E-state index < -0.39 is 48.6 Å². The minimum atomic E-state index is -1.38. The monoisotopic (exact) mass is 504 g/mol. The zero-order valence-corrected chi connectivity index (χ0v) is 21.7. The van der Waals surface area contributed by atoms with Gasteiger partial charge >= 0.3 is 6.09 Å². The number of nitrogens with two attached hydrogens (primary N) is 1. The van der Waals surface area contributed by atoms with Crippen LogP contribution >= 0.6 is 0 Å². The number of primary amides is 1. The van der Waals surface area contributed by atoms with E-state index in [0.717, 1.165) is 37.7 Å². The standard InChI is InChI=1S/C26H40N4O6/c1-17-10-8-9-13-19(17)22(23(33)28-18-11-6-5-7-12-18)30(14-15-31)24(34)20(16-21(27)32)29-25(35)36-26(2,3)4/h8-10,13,18,20,22,31H,5-7,11-12,14-16H2,1-4H3,(H2,27,32)(H,28,33)(H,29,35). The fourth-order valence-electron chi connectivity index (χ4n) is 4.40. The first-order valence-electron chi connectivity index (χ1n) is 12.5. The lowest BCUT2D eigenvalue weighted by Gasteiger charge is -2.35. The molecule has 10 heteroatoms. The lowest BCUT2D eigenvalue weighted by molar-refractivity contribution is -0.144. The molecule has 0 heterocycles. The Bertz CT molecular complexity index is 923. The minimum absolute atomic E-state index is 0.00912. The van der Waals surface area contributed by atoms with Gasteiger partial charge in [-0.05, 0) is 51.7 Å². The van der Waals surface area contributed by atoms with Crippen molar-refractivity contribution in [1.82, 2.24) is 15.5 Å². The van der Waals surface area contributed by atoms with Crippen molar-refractivity contribution in [2.45, 2.75) is 89.9 Å². The molecule has 0 radical (unpaired) electrons. The van der Waals surface area contributed by atoms with Crippen LogP contribution in [0.4, 0.5) is 4.79 Å². The van der Waals surface area contributed by atoms with E-state index in [0.29, 0.717) is 5.56 Å². The lowest BCUT2D eigenvalue weighted by atomic mass is 9.93. The number of carbonyl (C=O) groups excluding carboxylic acids is 4. The number of alkyl carbamates (subject to hydrolysis) is 1. The number of rotatable bonds is 10. The number of hydrogen-bond donors (Lipinski definition) is 4. The van der Waals surface area contributed by atoms with Crippen molar-refractivity contribution in [3.05, 3.63) is 35.4 Å². The molecule has 1 fully saturated rings. The number of nitrogens with zero attached hydrogens (tertiary/aromatic N) is 1.